The maximum Gasteiger partial charge on any atom is 0.343 e. The fourth-order valence-corrected chi connectivity index (χ4v) is 3.23. The number of esters is 1. The fraction of sp³-hybridized carbons (Fsp3) is 0.190. The van der Waals surface area contributed by atoms with Crippen LogP contribution in [0.1, 0.15) is 28.8 Å². The molecule has 6 nitrogen and oxygen atoms in total. The summed E-state index contributed by atoms with van der Waals surface area (Å²) in [4.78, 5) is 37.4. The molecule has 0 atom stereocenters. The third-order valence-electron chi connectivity index (χ3n) is 4.62. The van der Waals surface area contributed by atoms with Crippen molar-refractivity contribution in [1.29, 1.82) is 0 Å². The van der Waals surface area contributed by atoms with Crippen molar-refractivity contribution in [3.63, 3.8) is 0 Å². The van der Waals surface area contributed by atoms with E-state index in [0.29, 0.717) is 29.9 Å². The maximum atomic E-state index is 12.4. The number of hydrogen-bond donors (Lipinski definition) is 0. The van der Waals surface area contributed by atoms with Crippen molar-refractivity contribution in [3.05, 3.63) is 70.1 Å². The number of amides is 1. The molecule has 0 bridgehead atoms. The molecule has 1 aliphatic rings. The molecule has 1 amide bonds. The molecule has 3 aromatic rings. The second kappa shape index (κ2) is 6.72. The van der Waals surface area contributed by atoms with E-state index in [1.807, 2.05) is 6.92 Å². The quantitative estimate of drug-likeness (QED) is 0.405. The monoisotopic (exact) mass is 363 g/mol. The third-order valence-corrected chi connectivity index (χ3v) is 4.62. The molecule has 1 aliphatic heterocycles. The molecule has 1 fully saturated rings. The van der Waals surface area contributed by atoms with Gasteiger partial charge in [-0.15, -0.1) is 0 Å². The highest BCUT2D eigenvalue weighted by Crippen LogP contribution is 2.24. The van der Waals surface area contributed by atoms with Gasteiger partial charge in [0.1, 0.15) is 11.3 Å². The Kier molecular flexibility index (Phi) is 4.24. The van der Waals surface area contributed by atoms with Crippen LogP contribution in [0.3, 0.4) is 0 Å². The van der Waals surface area contributed by atoms with Crippen molar-refractivity contribution in [3.8, 4) is 5.75 Å². The van der Waals surface area contributed by atoms with Gasteiger partial charge < -0.3 is 14.1 Å². The van der Waals surface area contributed by atoms with E-state index in [1.54, 1.807) is 41.3 Å². The summed E-state index contributed by atoms with van der Waals surface area (Å²) in [5.74, 6) is -0.137. The molecule has 27 heavy (non-hydrogen) atoms. The SMILES string of the molecule is Cc1cc(=O)oc2cc(OC(=O)c3ccc(N4CCCC4=O)cc3)ccc12. The Morgan fingerprint density at radius 1 is 1.07 bits per heavy atom. The van der Waals surface area contributed by atoms with Crippen LogP contribution in [0.25, 0.3) is 11.0 Å². The van der Waals surface area contributed by atoms with E-state index in [2.05, 4.69) is 0 Å². The first kappa shape index (κ1) is 17.0. The van der Waals surface area contributed by atoms with Crippen LogP contribution in [0.5, 0.6) is 5.75 Å². The first-order chi connectivity index (χ1) is 13.0. The molecule has 1 saturated heterocycles. The van der Waals surface area contributed by atoms with Crippen molar-refractivity contribution in [2.24, 2.45) is 0 Å². The molecule has 0 N–H and O–H groups in total. The number of aryl methyl sites for hydroxylation is 1. The average Bonchev–Trinajstić information content (AvgIpc) is 3.07. The highest BCUT2D eigenvalue weighted by atomic mass is 16.5. The van der Waals surface area contributed by atoms with Gasteiger partial charge in [-0.25, -0.2) is 9.59 Å². The van der Waals surface area contributed by atoms with Crippen LogP contribution in [-0.4, -0.2) is 18.4 Å². The Morgan fingerprint density at radius 3 is 2.56 bits per heavy atom. The molecule has 1 aromatic heterocycles. The van der Waals surface area contributed by atoms with Crippen molar-refractivity contribution < 1.29 is 18.7 Å². The van der Waals surface area contributed by atoms with Crippen molar-refractivity contribution >= 4 is 28.5 Å². The lowest BCUT2D eigenvalue weighted by Crippen LogP contribution is -2.23. The lowest BCUT2D eigenvalue weighted by Gasteiger charge is -2.15. The number of anilines is 1. The van der Waals surface area contributed by atoms with Crippen molar-refractivity contribution in [2.45, 2.75) is 19.8 Å². The van der Waals surface area contributed by atoms with Crippen LogP contribution in [0.15, 0.2) is 57.7 Å². The summed E-state index contributed by atoms with van der Waals surface area (Å²) < 4.78 is 10.6. The van der Waals surface area contributed by atoms with Crippen molar-refractivity contribution in [2.75, 3.05) is 11.4 Å². The first-order valence-corrected chi connectivity index (χ1v) is 8.68. The molecular formula is C21H17NO5. The van der Waals surface area contributed by atoms with E-state index in [-0.39, 0.29) is 5.91 Å². The number of fused-ring (bicyclic) bond motifs is 1. The van der Waals surface area contributed by atoms with E-state index in [9.17, 15) is 14.4 Å². The van der Waals surface area contributed by atoms with Crippen LogP contribution < -0.4 is 15.3 Å². The molecule has 4 rings (SSSR count). The van der Waals surface area contributed by atoms with Gasteiger partial charge in [-0.3, -0.25) is 4.79 Å². The number of hydrogen-bond acceptors (Lipinski definition) is 5. The van der Waals surface area contributed by atoms with E-state index >= 15 is 0 Å². The second-order valence-corrected chi connectivity index (χ2v) is 6.49. The normalized spacial score (nSPS) is 14.0. The molecule has 2 aromatic carbocycles. The van der Waals surface area contributed by atoms with Crippen LogP contribution in [0.2, 0.25) is 0 Å². The largest absolute Gasteiger partial charge is 0.423 e. The molecule has 0 radical (unpaired) electrons. The van der Waals surface area contributed by atoms with Crippen molar-refractivity contribution in [1.82, 2.24) is 0 Å². The first-order valence-electron chi connectivity index (χ1n) is 8.68. The average molecular weight is 363 g/mol. The molecule has 0 spiro atoms. The zero-order chi connectivity index (χ0) is 19.0. The van der Waals surface area contributed by atoms with E-state index in [0.717, 1.165) is 23.1 Å². The zero-order valence-electron chi connectivity index (χ0n) is 14.7. The lowest BCUT2D eigenvalue weighted by molar-refractivity contribution is -0.117. The Hall–Kier alpha value is -3.41. The van der Waals surface area contributed by atoms with Gasteiger partial charge in [-0.05, 0) is 55.3 Å². The van der Waals surface area contributed by atoms with Crippen LogP contribution in [0.4, 0.5) is 5.69 Å². The summed E-state index contributed by atoms with van der Waals surface area (Å²) in [5, 5.41) is 0.786. The molecule has 6 heteroatoms. The summed E-state index contributed by atoms with van der Waals surface area (Å²) in [6.07, 6.45) is 1.40. The van der Waals surface area contributed by atoms with Gasteiger partial charge in [-0.1, -0.05) is 0 Å². The van der Waals surface area contributed by atoms with Gasteiger partial charge in [0, 0.05) is 36.2 Å². The highest BCUT2D eigenvalue weighted by molar-refractivity contribution is 5.96. The molecule has 2 heterocycles. The predicted molar refractivity (Wildman–Crippen MR) is 100 cm³/mol. The Balaban J connectivity index is 1.54. The standard InChI is InChI=1S/C21H17NO5/c1-13-11-20(24)27-18-12-16(8-9-17(13)18)26-21(25)14-4-6-15(7-5-14)22-10-2-3-19(22)23/h4-9,11-12H,2-3,10H2,1H3. The minimum absolute atomic E-state index is 0.0956. The van der Waals surface area contributed by atoms with Gasteiger partial charge in [-0.2, -0.15) is 0 Å². The number of nitrogens with zero attached hydrogens (tertiary/aromatic N) is 1. The summed E-state index contributed by atoms with van der Waals surface area (Å²) in [6.45, 7) is 2.52. The Bertz CT molecular complexity index is 1100. The number of rotatable bonds is 3. The highest BCUT2D eigenvalue weighted by Gasteiger charge is 2.21. The predicted octanol–water partition coefficient (Wildman–Crippen LogP) is 3.45. The van der Waals surface area contributed by atoms with Gasteiger partial charge in [0.15, 0.2) is 0 Å². The smallest absolute Gasteiger partial charge is 0.343 e. The van der Waals surface area contributed by atoms with Crippen LogP contribution in [-0.2, 0) is 4.79 Å². The Morgan fingerprint density at radius 2 is 1.85 bits per heavy atom. The molecule has 0 unspecified atom stereocenters. The van der Waals surface area contributed by atoms with E-state index < -0.39 is 11.6 Å². The van der Waals surface area contributed by atoms with Gasteiger partial charge >= 0.3 is 11.6 Å². The molecule has 0 aliphatic carbocycles. The number of benzene rings is 2. The molecule has 136 valence electrons. The van der Waals surface area contributed by atoms with Crippen LogP contribution in [0, 0.1) is 6.92 Å². The lowest BCUT2D eigenvalue weighted by atomic mass is 10.1. The topological polar surface area (TPSA) is 76.8 Å². The molecule has 0 saturated carbocycles. The maximum absolute atomic E-state index is 12.4. The van der Waals surface area contributed by atoms with E-state index in [1.165, 1.54) is 12.1 Å². The number of carbonyl (C=O) groups excluding carboxylic acids is 2. The zero-order valence-corrected chi connectivity index (χ0v) is 14.7. The third kappa shape index (κ3) is 3.33. The molecular weight excluding hydrogens is 346 g/mol. The number of ether oxygens (including phenoxy) is 1. The summed E-state index contributed by atoms with van der Waals surface area (Å²) in [5.41, 5.74) is 1.86. The Labute approximate surface area is 155 Å². The van der Waals surface area contributed by atoms with Gasteiger partial charge in [0.2, 0.25) is 5.91 Å². The van der Waals surface area contributed by atoms with Gasteiger partial charge in [0.05, 0.1) is 5.56 Å². The number of carbonyl (C=O) groups is 2. The fourth-order valence-electron chi connectivity index (χ4n) is 3.23. The summed E-state index contributed by atoms with van der Waals surface area (Å²) in [7, 11) is 0. The minimum atomic E-state index is -0.524. The summed E-state index contributed by atoms with van der Waals surface area (Å²) >= 11 is 0. The second-order valence-electron chi connectivity index (χ2n) is 6.49. The minimum Gasteiger partial charge on any atom is -0.423 e. The van der Waals surface area contributed by atoms with E-state index in [4.69, 9.17) is 9.15 Å². The van der Waals surface area contributed by atoms with Crippen LogP contribution >= 0.6 is 0 Å². The van der Waals surface area contributed by atoms with Gasteiger partial charge in [0.25, 0.3) is 0 Å². The summed E-state index contributed by atoms with van der Waals surface area (Å²) in [6, 6.07) is 13.1.